The number of carbonyl (C=O) groups is 2. The number of aliphatic carboxylic acids is 1. The minimum absolute atomic E-state index is 0.0169. The van der Waals surface area contributed by atoms with Crippen LogP contribution in [0.3, 0.4) is 0 Å². The van der Waals surface area contributed by atoms with E-state index in [2.05, 4.69) is 74.6 Å². The average molecular weight is 667 g/mol. The largest absolute Gasteiger partial charge is 0.481 e. The number of esters is 1. The number of carboxylic acid groups (broad SMARTS) is 1. The number of ether oxygens (including phenoxy) is 1. The molecule has 0 amide bonds. The molecule has 0 aliphatic heterocycles. The maximum absolute atomic E-state index is 12.6. The summed E-state index contributed by atoms with van der Waals surface area (Å²) in [7, 11) is 0. The van der Waals surface area contributed by atoms with Gasteiger partial charge in [-0.15, -0.1) is 0 Å². The highest BCUT2D eigenvalue weighted by Gasteiger charge is 2.13. The monoisotopic (exact) mass is 667 g/mol. The smallest absolute Gasteiger partial charge is 0.309 e. The SMILES string of the molecule is CC/C=C\C/C=C\C/C=C\C/C=C\C/C=C\CC(=O)OC(CCCCC/C=C\CCCCCCCCCC)CCCCCCCC(=O)O. The molecule has 0 aromatic rings. The van der Waals surface area contributed by atoms with Crippen molar-refractivity contribution in [3.05, 3.63) is 72.9 Å². The van der Waals surface area contributed by atoms with Crippen molar-refractivity contribution in [2.45, 2.75) is 193 Å². The second-order valence-corrected chi connectivity index (χ2v) is 13.1. The second kappa shape index (κ2) is 38.8. The van der Waals surface area contributed by atoms with Crippen LogP contribution >= 0.6 is 0 Å². The third kappa shape index (κ3) is 37.8. The highest BCUT2D eigenvalue weighted by molar-refractivity contribution is 5.71. The molecule has 0 bridgehead atoms. The summed E-state index contributed by atoms with van der Waals surface area (Å²) in [5.74, 6) is -0.847. The van der Waals surface area contributed by atoms with E-state index in [0.717, 1.165) is 89.9 Å². The Kier molecular flexibility index (Phi) is 36.7. The standard InChI is InChI=1S/C44H74O4/c1-3-5-7-9-11-13-15-17-19-21-23-25-27-30-34-38-42(39-35-31-29-32-36-40-43(45)46)48-44(47)41-37-33-28-26-24-22-20-18-16-14-12-10-8-6-4-2/h6,8,12,14,18,20-21,23-24,26,33,37,42H,3-5,7,9-11,13,15-17,19,22,25,27-32,34-36,38-41H2,1-2H3,(H,45,46)/b8-6-,14-12-,20-18-,23-21-,26-24-,37-33-. The Labute approximate surface area is 297 Å². The Bertz CT molecular complexity index is 892. The molecule has 0 fully saturated rings. The van der Waals surface area contributed by atoms with Crippen molar-refractivity contribution < 1.29 is 19.4 Å². The first kappa shape index (κ1) is 45.4. The molecule has 48 heavy (non-hydrogen) atoms. The summed E-state index contributed by atoms with van der Waals surface area (Å²) < 4.78 is 5.93. The highest BCUT2D eigenvalue weighted by Crippen LogP contribution is 2.17. The van der Waals surface area contributed by atoms with Gasteiger partial charge in [0.05, 0.1) is 6.42 Å². The Morgan fingerprint density at radius 1 is 0.500 bits per heavy atom. The lowest BCUT2D eigenvalue weighted by Crippen LogP contribution is -2.18. The summed E-state index contributed by atoms with van der Waals surface area (Å²) in [6.45, 7) is 4.42. The van der Waals surface area contributed by atoms with Crippen molar-refractivity contribution in [2.75, 3.05) is 0 Å². The van der Waals surface area contributed by atoms with Crippen LogP contribution in [0, 0.1) is 0 Å². The van der Waals surface area contributed by atoms with E-state index in [4.69, 9.17) is 9.84 Å². The molecule has 0 saturated carbocycles. The second-order valence-electron chi connectivity index (χ2n) is 13.1. The Balaban J connectivity index is 4.25. The predicted molar refractivity (Wildman–Crippen MR) is 208 cm³/mol. The van der Waals surface area contributed by atoms with Gasteiger partial charge in [0.15, 0.2) is 0 Å². The lowest BCUT2D eigenvalue weighted by molar-refractivity contribution is -0.148. The van der Waals surface area contributed by atoms with Crippen molar-refractivity contribution in [1.82, 2.24) is 0 Å². The van der Waals surface area contributed by atoms with E-state index in [9.17, 15) is 9.59 Å². The van der Waals surface area contributed by atoms with Crippen molar-refractivity contribution in [3.8, 4) is 0 Å². The number of rotatable bonds is 35. The van der Waals surface area contributed by atoms with Crippen LogP contribution in [0.5, 0.6) is 0 Å². The third-order valence-electron chi connectivity index (χ3n) is 8.44. The fourth-order valence-corrected chi connectivity index (χ4v) is 5.55. The van der Waals surface area contributed by atoms with Crippen LogP contribution in [0.4, 0.5) is 0 Å². The van der Waals surface area contributed by atoms with Gasteiger partial charge in [0.1, 0.15) is 6.10 Å². The molecular weight excluding hydrogens is 592 g/mol. The van der Waals surface area contributed by atoms with Gasteiger partial charge in [-0.1, -0.05) is 157 Å². The molecule has 1 atom stereocenters. The van der Waals surface area contributed by atoms with E-state index in [1.807, 2.05) is 12.2 Å². The van der Waals surface area contributed by atoms with Gasteiger partial charge < -0.3 is 9.84 Å². The number of carboxylic acids is 1. The van der Waals surface area contributed by atoms with Gasteiger partial charge >= 0.3 is 11.9 Å². The Hall–Kier alpha value is -2.62. The number of carbonyl (C=O) groups excluding carboxylic acids is 1. The summed E-state index contributed by atoms with van der Waals surface area (Å²) >= 11 is 0. The molecule has 0 aromatic carbocycles. The van der Waals surface area contributed by atoms with Crippen LogP contribution in [0.1, 0.15) is 187 Å². The normalized spacial score (nSPS) is 13.0. The molecule has 0 radical (unpaired) electrons. The molecule has 1 unspecified atom stereocenters. The van der Waals surface area contributed by atoms with E-state index >= 15 is 0 Å². The molecule has 4 nitrogen and oxygen atoms in total. The zero-order valence-corrected chi connectivity index (χ0v) is 31.3. The lowest BCUT2D eigenvalue weighted by Gasteiger charge is -2.17. The predicted octanol–water partition coefficient (Wildman–Crippen LogP) is 13.9. The van der Waals surface area contributed by atoms with Crippen LogP contribution in [0.2, 0.25) is 0 Å². The van der Waals surface area contributed by atoms with Gasteiger partial charge in [0.25, 0.3) is 0 Å². The molecule has 1 N–H and O–H groups in total. The molecule has 0 aromatic heterocycles. The van der Waals surface area contributed by atoms with Crippen LogP contribution < -0.4 is 0 Å². The fraction of sp³-hybridized carbons (Fsp3) is 0.682. The van der Waals surface area contributed by atoms with E-state index in [1.54, 1.807) is 0 Å². The number of hydrogen-bond acceptors (Lipinski definition) is 3. The first-order valence-electron chi connectivity index (χ1n) is 19.9. The molecule has 0 aliphatic rings. The lowest BCUT2D eigenvalue weighted by atomic mass is 10.0. The quantitative estimate of drug-likeness (QED) is 0.0415. The van der Waals surface area contributed by atoms with Crippen molar-refractivity contribution in [3.63, 3.8) is 0 Å². The van der Waals surface area contributed by atoms with Gasteiger partial charge in [-0.3, -0.25) is 9.59 Å². The van der Waals surface area contributed by atoms with E-state index in [-0.39, 0.29) is 18.5 Å². The van der Waals surface area contributed by atoms with Crippen LogP contribution in [0.25, 0.3) is 0 Å². The van der Waals surface area contributed by atoms with Gasteiger partial charge in [-0.2, -0.15) is 0 Å². The van der Waals surface area contributed by atoms with Crippen LogP contribution in [-0.4, -0.2) is 23.1 Å². The molecule has 0 heterocycles. The topological polar surface area (TPSA) is 63.6 Å². The Morgan fingerprint density at radius 3 is 1.42 bits per heavy atom. The third-order valence-corrected chi connectivity index (χ3v) is 8.44. The molecular formula is C44H74O4. The number of allylic oxidation sites excluding steroid dienone is 11. The summed E-state index contributed by atoms with van der Waals surface area (Å²) in [5, 5.41) is 8.82. The fourth-order valence-electron chi connectivity index (χ4n) is 5.55. The van der Waals surface area contributed by atoms with Gasteiger partial charge in [-0.05, 0) is 89.9 Å². The first-order valence-corrected chi connectivity index (χ1v) is 19.9. The average Bonchev–Trinajstić information content (AvgIpc) is 3.07. The van der Waals surface area contributed by atoms with Crippen LogP contribution in [-0.2, 0) is 14.3 Å². The van der Waals surface area contributed by atoms with Crippen molar-refractivity contribution in [2.24, 2.45) is 0 Å². The van der Waals surface area contributed by atoms with Gasteiger partial charge in [-0.25, -0.2) is 0 Å². The molecule has 0 saturated heterocycles. The van der Waals surface area contributed by atoms with Crippen molar-refractivity contribution in [1.29, 1.82) is 0 Å². The summed E-state index contributed by atoms with van der Waals surface area (Å²) in [6.07, 6.45) is 55.0. The summed E-state index contributed by atoms with van der Waals surface area (Å²) in [5.41, 5.74) is 0. The zero-order chi connectivity index (χ0) is 35.0. The summed E-state index contributed by atoms with van der Waals surface area (Å²) in [6, 6.07) is 0. The van der Waals surface area contributed by atoms with Crippen molar-refractivity contribution >= 4 is 11.9 Å². The molecule has 0 spiro atoms. The van der Waals surface area contributed by atoms with Crippen LogP contribution in [0.15, 0.2) is 72.9 Å². The summed E-state index contributed by atoms with van der Waals surface area (Å²) in [4.78, 5) is 23.3. The number of hydrogen-bond donors (Lipinski definition) is 1. The van der Waals surface area contributed by atoms with Gasteiger partial charge in [0, 0.05) is 6.42 Å². The Morgan fingerprint density at radius 2 is 0.917 bits per heavy atom. The van der Waals surface area contributed by atoms with E-state index in [1.165, 1.54) is 70.6 Å². The zero-order valence-electron chi connectivity index (χ0n) is 31.3. The minimum Gasteiger partial charge on any atom is -0.481 e. The molecule has 0 rings (SSSR count). The molecule has 0 aliphatic carbocycles. The maximum atomic E-state index is 12.6. The highest BCUT2D eigenvalue weighted by atomic mass is 16.5. The van der Waals surface area contributed by atoms with E-state index < -0.39 is 5.97 Å². The minimum atomic E-state index is -0.714. The molecule has 274 valence electrons. The van der Waals surface area contributed by atoms with Gasteiger partial charge in [0.2, 0.25) is 0 Å². The maximum Gasteiger partial charge on any atom is 0.309 e. The molecule has 4 heteroatoms. The number of unbranched alkanes of at least 4 members (excludes halogenated alkanes) is 15. The van der Waals surface area contributed by atoms with E-state index in [0.29, 0.717) is 6.42 Å². The first-order chi connectivity index (χ1) is 23.6.